The first-order chi connectivity index (χ1) is 9.60. The number of rotatable bonds is 5. The maximum absolute atomic E-state index is 13.7. The van der Waals surface area contributed by atoms with E-state index in [1.54, 1.807) is 0 Å². The standard InChI is InChI=1S/C16H14BrClF2/c17-15-4-2-1-3-12(15)7-11(10-18)8-13-9-14(19)5-6-16(13)20/h1-6,9,11H,7-8,10H2. The van der Waals surface area contributed by atoms with Crippen LogP contribution in [0.3, 0.4) is 0 Å². The van der Waals surface area contributed by atoms with E-state index in [1.165, 1.54) is 6.07 Å². The molecule has 0 saturated carbocycles. The summed E-state index contributed by atoms with van der Waals surface area (Å²) in [5.74, 6) is -0.340. The van der Waals surface area contributed by atoms with Crippen LogP contribution in [0, 0.1) is 17.6 Å². The Kier molecular flexibility index (Phi) is 5.55. The van der Waals surface area contributed by atoms with E-state index in [1.807, 2.05) is 24.3 Å². The van der Waals surface area contributed by atoms with Crippen molar-refractivity contribution >= 4 is 27.5 Å². The minimum Gasteiger partial charge on any atom is -0.207 e. The summed E-state index contributed by atoms with van der Waals surface area (Å²) in [5.41, 5.74) is 1.50. The van der Waals surface area contributed by atoms with E-state index in [0.29, 0.717) is 17.9 Å². The van der Waals surface area contributed by atoms with Gasteiger partial charge in [0, 0.05) is 10.4 Å². The van der Waals surface area contributed by atoms with E-state index in [4.69, 9.17) is 11.6 Å². The third kappa shape index (κ3) is 4.03. The highest BCUT2D eigenvalue weighted by Crippen LogP contribution is 2.23. The summed E-state index contributed by atoms with van der Waals surface area (Å²) in [6.07, 6.45) is 1.15. The topological polar surface area (TPSA) is 0 Å². The lowest BCUT2D eigenvalue weighted by Crippen LogP contribution is -2.12. The maximum Gasteiger partial charge on any atom is 0.126 e. The number of alkyl halides is 1. The molecule has 0 saturated heterocycles. The quantitative estimate of drug-likeness (QED) is 0.630. The monoisotopic (exact) mass is 358 g/mol. The van der Waals surface area contributed by atoms with Gasteiger partial charge in [0.05, 0.1) is 0 Å². The van der Waals surface area contributed by atoms with Gasteiger partial charge in [-0.15, -0.1) is 11.6 Å². The van der Waals surface area contributed by atoms with Crippen LogP contribution in [0.2, 0.25) is 0 Å². The number of hydrogen-bond acceptors (Lipinski definition) is 0. The molecular weight excluding hydrogens is 346 g/mol. The summed E-state index contributed by atoms with van der Waals surface area (Å²) in [6.45, 7) is 0. The molecule has 2 aromatic carbocycles. The number of hydrogen-bond donors (Lipinski definition) is 0. The minimum absolute atomic E-state index is 0.0617. The molecule has 0 fully saturated rings. The SMILES string of the molecule is Fc1ccc(F)c(CC(CCl)Cc2ccccc2Br)c1. The van der Waals surface area contributed by atoms with Gasteiger partial charge in [-0.05, 0) is 54.2 Å². The molecule has 0 radical (unpaired) electrons. The summed E-state index contributed by atoms with van der Waals surface area (Å²) in [7, 11) is 0. The summed E-state index contributed by atoms with van der Waals surface area (Å²) in [4.78, 5) is 0. The molecule has 106 valence electrons. The smallest absolute Gasteiger partial charge is 0.126 e. The van der Waals surface area contributed by atoms with E-state index in [9.17, 15) is 8.78 Å². The average molecular weight is 360 g/mol. The van der Waals surface area contributed by atoms with Crippen LogP contribution in [-0.4, -0.2) is 5.88 Å². The molecule has 0 aromatic heterocycles. The van der Waals surface area contributed by atoms with Gasteiger partial charge in [0.15, 0.2) is 0 Å². The Morgan fingerprint density at radius 2 is 1.70 bits per heavy atom. The van der Waals surface area contributed by atoms with E-state index >= 15 is 0 Å². The van der Waals surface area contributed by atoms with Crippen molar-refractivity contribution in [1.82, 2.24) is 0 Å². The Morgan fingerprint density at radius 3 is 2.40 bits per heavy atom. The number of benzene rings is 2. The van der Waals surface area contributed by atoms with E-state index in [2.05, 4.69) is 15.9 Å². The van der Waals surface area contributed by atoms with E-state index in [-0.39, 0.29) is 11.7 Å². The summed E-state index contributed by atoms with van der Waals surface area (Å²) >= 11 is 9.47. The van der Waals surface area contributed by atoms with Gasteiger partial charge in [-0.1, -0.05) is 34.1 Å². The first-order valence-electron chi connectivity index (χ1n) is 6.33. The van der Waals surface area contributed by atoms with Crippen LogP contribution in [0.5, 0.6) is 0 Å². The second-order valence-electron chi connectivity index (χ2n) is 4.76. The Bertz CT molecular complexity index is 586. The molecule has 2 rings (SSSR count). The fourth-order valence-corrected chi connectivity index (χ4v) is 2.83. The van der Waals surface area contributed by atoms with Gasteiger partial charge in [0.25, 0.3) is 0 Å². The van der Waals surface area contributed by atoms with Crippen LogP contribution in [0.25, 0.3) is 0 Å². The third-order valence-corrected chi connectivity index (χ3v) is 4.41. The van der Waals surface area contributed by atoms with E-state index < -0.39 is 5.82 Å². The van der Waals surface area contributed by atoms with Gasteiger partial charge in [0.1, 0.15) is 11.6 Å². The van der Waals surface area contributed by atoms with Gasteiger partial charge < -0.3 is 0 Å². The highest BCUT2D eigenvalue weighted by Gasteiger charge is 2.14. The highest BCUT2D eigenvalue weighted by molar-refractivity contribution is 9.10. The average Bonchev–Trinajstić information content (AvgIpc) is 2.44. The Labute approximate surface area is 130 Å². The van der Waals surface area contributed by atoms with Crippen molar-refractivity contribution in [3.05, 3.63) is 69.7 Å². The molecule has 0 bridgehead atoms. The first kappa shape index (κ1) is 15.5. The van der Waals surface area contributed by atoms with E-state index in [0.717, 1.165) is 28.6 Å². The molecule has 2 aromatic rings. The molecule has 0 nitrogen and oxygen atoms in total. The second-order valence-corrected chi connectivity index (χ2v) is 5.92. The molecule has 0 aliphatic heterocycles. The lowest BCUT2D eigenvalue weighted by Gasteiger charge is -2.15. The fraction of sp³-hybridized carbons (Fsp3) is 0.250. The van der Waals surface area contributed by atoms with Crippen molar-refractivity contribution in [3.8, 4) is 0 Å². The largest absolute Gasteiger partial charge is 0.207 e. The molecule has 20 heavy (non-hydrogen) atoms. The van der Waals surface area contributed by atoms with Crippen molar-refractivity contribution in [2.24, 2.45) is 5.92 Å². The molecule has 0 heterocycles. The maximum atomic E-state index is 13.7. The summed E-state index contributed by atoms with van der Waals surface area (Å²) < 4.78 is 27.9. The predicted molar refractivity (Wildman–Crippen MR) is 82.1 cm³/mol. The molecule has 1 atom stereocenters. The van der Waals surface area contributed by atoms with Gasteiger partial charge in [0.2, 0.25) is 0 Å². The zero-order valence-electron chi connectivity index (χ0n) is 10.8. The van der Waals surface area contributed by atoms with Crippen molar-refractivity contribution in [3.63, 3.8) is 0 Å². The Balaban J connectivity index is 2.13. The fourth-order valence-electron chi connectivity index (χ4n) is 2.17. The van der Waals surface area contributed by atoms with Crippen LogP contribution in [-0.2, 0) is 12.8 Å². The lowest BCUT2D eigenvalue weighted by atomic mass is 9.94. The van der Waals surface area contributed by atoms with Gasteiger partial charge in [-0.2, -0.15) is 0 Å². The molecule has 0 aliphatic rings. The van der Waals surface area contributed by atoms with Crippen molar-refractivity contribution in [2.45, 2.75) is 12.8 Å². The molecule has 1 unspecified atom stereocenters. The highest BCUT2D eigenvalue weighted by atomic mass is 79.9. The first-order valence-corrected chi connectivity index (χ1v) is 7.66. The van der Waals surface area contributed by atoms with Gasteiger partial charge >= 0.3 is 0 Å². The van der Waals surface area contributed by atoms with Crippen molar-refractivity contribution in [1.29, 1.82) is 0 Å². The van der Waals surface area contributed by atoms with Crippen LogP contribution in [0.1, 0.15) is 11.1 Å². The third-order valence-electron chi connectivity index (χ3n) is 3.20. The Morgan fingerprint density at radius 1 is 1.00 bits per heavy atom. The van der Waals surface area contributed by atoms with Gasteiger partial charge in [-0.3, -0.25) is 0 Å². The van der Waals surface area contributed by atoms with Crippen LogP contribution in [0.15, 0.2) is 46.9 Å². The van der Waals surface area contributed by atoms with Crippen molar-refractivity contribution in [2.75, 3.05) is 5.88 Å². The minimum atomic E-state index is -0.421. The predicted octanol–water partition coefficient (Wildman–Crippen LogP) is 5.37. The van der Waals surface area contributed by atoms with Crippen LogP contribution in [0.4, 0.5) is 8.78 Å². The molecular formula is C16H14BrClF2. The molecule has 0 spiro atoms. The summed E-state index contributed by atoms with van der Waals surface area (Å²) in [6, 6.07) is 11.4. The Hall–Kier alpha value is -0.930. The molecule has 4 heteroatoms. The number of halogens is 4. The lowest BCUT2D eigenvalue weighted by molar-refractivity contribution is 0.536. The van der Waals surface area contributed by atoms with Crippen molar-refractivity contribution < 1.29 is 8.78 Å². The zero-order chi connectivity index (χ0) is 14.5. The molecule has 0 N–H and O–H groups in total. The summed E-state index contributed by atoms with van der Waals surface area (Å²) in [5, 5.41) is 0. The van der Waals surface area contributed by atoms with Crippen LogP contribution < -0.4 is 0 Å². The zero-order valence-corrected chi connectivity index (χ0v) is 13.1. The second kappa shape index (κ2) is 7.19. The van der Waals surface area contributed by atoms with Crippen LogP contribution >= 0.6 is 27.5 Å². The molecule has 0 aliphatic carbocycles. The molecule has 0 amide bonds. The van der Waals surface area contributed by atoms with Gasteiger partial charge in [-0.25, -0.2) is 8.78 Å². The normalized spacial score (nSPS) is 12.4.